The second kappa shape index (κ2) is 4.48. The lowest BCUT2D eigenvalue weighted by Gasteiger charge is -2.05. The van der Waals surface area contributed by atoms with E-state index in [1.54, 1.807) is 10.9 Å². The second-order valence-corrected chi connectivity index (χ2v) is 5.69. The molecular weight excluding hydrogens is 238 g/mol. The number of rotatable bonds is 4. The fourth-order valence-electron chi connectivity index (χ4n) is 2.00. The van der Waals surface area contributed by atoms with Gasteiger partial charge in [0, 0.05) is 36.4 Å². The second-order valence-electron chi connectivity index (χ2n) is 4.13. The Balaban J connectivity index is 2.32. The molecule has 2 rings (SSSR count). The molecule has 0 fully saturated rings. The van der Waals surface area contributed by atoms with Gasteiger partial charge in [0.1, 0.15) is 5.52 Å². The van der Waals surface area contributed by atoms with Crippen molar-refractivity contribution in [3.8, 4) is 0 Å². The number of hydrogen-bond acceptors (Lipinski definition) is 4. The van der Waals surface area contributed by atoms with Crippen LogP contribution in [-0.4, -0.2) is 35.5 Å². The molecule has 2 heterocycles. The lowest BCUT2D eigenvalue weighted by Crippen LogP contribution is -2.09. The van der Waals surface area contributed by atoms with E-state index in [0.29, 0.717) is 11.7 Å². The molecule has 1 unspecified atom stereocenters. The summed E-state index contributed by atoms with van der Waals surface area (Å²) in [4.78, 5) is 4.31. The Kier molecular flexibility index (Phi) is 3.19. The molecule has 0 saturated heterocycles. The molecule has 2 aromatic rings. The molecule has 7 heteroatoms. The summed E-state index contributed by atoms with van der Waals surface area (Å²) in [5.74, 6) is 1.17. The summed E-state index contributed by atoms with van der Waals surface area (Å²) in [6.45, 7) is 2.64. The Morgan fingerprint density at radius 1 is 1.47 bits per heavy atom. The maximum atomic E-state index is 11.0. The van der Waals surface area contributed by atoms with E-state index in [-0.39, 0.29) is 0 Å². The van der Waals surface area contributed by atoms with Crippen LogP contribution in [0.15, 0.2) is 0 Å². The SMILES string of the molecule is Cc1nn(C)c2c1nc(N)n2CCCS(C)=O. The summed E-state index contributed by atoms with van der Waals surface area (Å²) < 4.78 is 14.8. The van der Waals surface area contributed by atoms with Gasteiger partial charge in [-0.25, -0.2) is 4.98 Å². The van der Waals surface area contributed by atoms with Crippen LogP contribution in [0.25, 0.3) is 11.2 Å². The van der Waals surface area contributed by atoms with Crippen LogP contribution < -0.4 is 5.73 Å². The lowest BCUT2D eigenvalue weighted by atomic mass is 10.4. The zero-order valence-electron chi connectivity index (χ0n) is 10.3. The first-order valence-electron chi connectivity index (χ1n) is 5.46. The van der Waals surface area contributed by atoms with Crippen molar-refractivity contribution in [3.63, 3.8) is 0 Å². The van der Waals surface area contributed by atoms with Crippen LogP contribution in [0.5, 0.6) is 0 Å². The average Bonchev–Trinajstić information content (AvgIpc) is 2.68. The van der Waals surface area contributed by atoms with E-state index in [4.69, 9.17) is 5.73 Å². The van der Waals surface area contributed by atoms with Gasteiger partial charge in [0.05, 0.1) is 5.69 Å². The molecule has 1 atom stereocenters. The molecule has 0 aliphatic heterocycles. The van der Waals surface area contributed by atoms with E-state index in [0.717, 1.165) is 29.8 Å². The van der Waals surface area contributed by atoms with Crippen LogP contribution in [0.2, 0.25) is 0 Å². The summed E-state index contributed by atoms with van der Waals surface area (Å²) in [7, 11) is 1.12. The Hall–Kier alpha value is -1.37. The topological polar surface area (TPSA) is 78.7 Å². The van der Waals surface area contributed by atoms with Crippen molar-refractivity contribution < 1.29 is 4.21 Å². The van der Waals surface area contributed by atoms with Crippen LogP contribution >= 0.6 is 0 Å². The Morgan fingerprint density at radius 2 is 2.18 bits per heavy atom. The van der Waals surface area contributed by atoms with Crippen molar-refractivity contribution in [1.29, 1.82) is 0 Å². The predicted octanol–water partition coefficient (Wildman–Crippen LogP) is 0.429. The molecular formula is C10H17N5OS. The number of imidazole rings is 1. The standard InChI is InChI=1S/C10H17N5OS/c1-7-8-9(14(2)13-7)15(10(11)12-8)5-4-6-17(3)16/h4-6H2,1-3H3,(H2,11,12). The summed E-state index contributed by atoms with van der Waals surface area (Å²) in [6, 6.07) is 0. The van der Waals surface area contributed by atoms with Gasteiger partial charge in [0.25, 0.3) is 0 Å². The number of anilines is 1. The number of nitrogens with two attached hydrogens (primary N) is 1. The lowest BCUT2D eigenvalue weighted by molar-refractivity contribution is 0.656. The van der Waals surface area contributed by atoms with Gasteiger partial charge in [0.15, 0.2) is 5.65 Å². The van der Waals surface area contributed by atoms with Gasteiger partial charge in [0.2, 0.25) is 5.95 Å². The highest BCUT2D eigenvalue weighted by Crippen LogP contribution is 2.20. The fraction of sp³-hybridized carbons (Fsp3) is 0.600. The molecule has 2 aromatic heterocycles. The van der Waals surface area contributed by atoms with Gasteiger partial charge in [-0.15, -0.1) is 0 Å². The molecule has 0 bridgehead atoms. The molecule has 0 aromatic carbocycles. The highest BCUT2D eigenvalue weighted by Gasteiger charge is 2.15. The van der Waals surface area contributed by atoms with Crippen molar-refractivity contribution in [2.45, 2.75) is 19.9 Å². The highest BCUT2D eigenvalue weighted by atomic mass is 32.2. The number of nitrogen functional groups attached to an aromatic ring is 1. The Labute approximate surface area is 102 Å². The number of fused-ring (bicyclic) bond motifs is 1. The molecule has 17 heavy (non-hydrogen) atoms. The first-order chi connectivity index (χ1) is 8.00. The summed E-state index contributed by atoms with van der Waals surface area (Å²) >= 11 is 0. The van der Waals surface area contributed by atoms with E-state index in [2.05, 4.69) is 10.1 Å². The van der Waals surface area contributed by atoms with E-state index >= 15 is 0 Å². The van der Waals surface area contributed by atoms with Crippen molar-refractivity contribution in [1.82, 2.24) is 19.3 Å². The van der Waals surface area contributed by atoms with Gasteiger partial charge < -0.3 is 5.73 Å². The largest absolute Gasteiger partial charge is 0.369 e. The normalized spacial score (nSPS) is 13.4. The number of aromatic nitrogens is 4. The summed E-state index contributed by atoms with van der Waals surface area (Å²) in [6.07, 6.45) is 2.53. The average molecular weight is 255 g/mol. The molecule has 0 aliphatic carbocycles. The number of aryl methyl sites for hydroxylation is 3. The van der Waals surface area contributed by atoms with Crippen molar-refractivity contribution in [2.75, 3.05) is 17.7 Å². The molecule has 94 valence electrons. The van der Waals surface area contributed by atoms with Gasteiger partial charge >= 0.3 is 0 Å². The first-order valence-corrected chi connectivity index (χ1v) is 7.18. The van der Waals surface area contributed by atoms with Gasteiger partial charge in [-0.2, -0.15) is 5.10 Å². The van der Waals surface area contributed by atoms with Gasteiger partial charge in [-0.1, -0.05) is 0 Å². The highest BCUT2D eigenvalue weighted by molar-refractivity contribution is 7.84. The third-order valence-electron chi connectivity index (χ3n) is 2.73. The zero-order chi connectivity index (χ0) is 12.6. The smallest absolute Gasteiger partial charge is 0.202 e. The van der Waals surface area contributed by atoms with E-state index in [9.17, 15) is 4.21 Å². The van der Waals surface area contributed by atoms with Crippen LogP contribution in [0, 0.1) is 6.92 Å². The predicted molar refractivity (Wildman–Crippen MR) is 69.2 cm³/mol. The molecule has 0 aliphatic rings. The van der Waals surface area contributed by atoms with Crippen molar-refractivity contribution in [2.24, 2.45) is 7.05 Å². The monoisotopic (exact) mass is 255 g/mol. The van der Waals surface area contributed by atoms with Crippen LogP contribution in [-0.2, 0) is 24.4 Å². The maximum Gasteiger partial charge on any atom is 0.202 e. The summed E-state index contributed by atoms with van der Waals surface area (Å²) in [5.41, 5.74) is 8.55. The molecule has 0 spiro atoms. The molecule has 0 radical (unpaired) electrons. The molecule has 0 saturated carbocycles. The minimum absolute atomic E-state index is 0.498. The Bertz CT molecular complexity index is 571. The zero-order valence-corrected chi connectivity index (χ0v) is 11.1. The summed E-state index contributed by atoms with van der Waals surface area (Å²) in [5, 5.41) is 4.31. The van der Waals surface area contributed by atoms with Crippen molar-refractivity contribution >= 4 is 27.9 Å². The third kappa shape index (κ3) is 2.19. The van der Waals surface area contributed by atoms with Crippen LogP contribution in [0.3, 0.4) is 0 Å². The van der Waals surface area contributed by atoms with Gasteiger partial charge in [-0.05, 0) is 13.3 Å². The van der Waals surface area contributed by atoms with Crippen LogP contribution in [0.4, 0.5) is 5.95 Å². The Morgan fingerprint density at radius 3 is 2.82 bits per heavy atom. The van der Waals surface area contributed by atoms with Crippen molar-refractivity contribution in [3.05, 3.63) is 5.69 Å². The van der Waals surface area contributed by atoms with Gasteiger partial charge in [-0.3, -0.25) is 13.5 Å². The molecule has 2 N–H and O–H groups in total. The minimum Gasteiger partial charge on any atom is -0.369 e. The van der Waals surface area contributed by atoms with E-state index < -0.39 is 10.8 Å². The molecule has 0 amide bonds. The number of nitrogens with zero attached hydrogens (tertiary/aromatic N) is 4. The fourth-order valence-corrected chi connectivity index (χ4v) is 2.53. The third-order valence-corrected chi connectivity index (χ3v) is 3.60. The van der Waals surface area contributed by atoms with Crippen LogP contribution in [0.1, 0.15) is 12.1 Å². The quantitative estimate of drug-likeness (QED) is 0.859. The maximum absolute atomic E-state index is 11.0. The minimum atomic E-state index is -0.765. The molecule has 6 nitrogen and oxygen atoms in total. The van der Waals surface area contributed by atoms with E-state index in [1.165, 1.54) is 0 Å². The first kappa shape index (κ1) is 12.1. The van der Waals surface area contributed by atoms with E-state index in [1.807, 2.05) is 18.5 Å². The number of hydrogen-bond donors (Lipinski definition) is 1.